The summed E-state index contributed by atoms with van der Waals surface area (Å²) in [6.07, 6.45) is 5.75. The molecule has 1 aliphatic carbocycles. The molecule has 0 aromatic carbocycles. The Morgan fingerprint density at radius 3 is 2.82 bits per heavy atom. The number of rotatable bonds is 5. The van der Waals surface area contributed by atoms with Crippen molar-refractivity contribution >= 4 is 34.7 Å². The standard InChI is InChI=1S/C20H29N5O2S/c1-20(2,3)27-19(26)25-9-15(10-25)28-11-13-7-14(8-13)24(4)18-16-5-6-21-17(16)22-12-23-18/h5-6,12-15H,7-11H2,1-4H3,(H,21,22,23)/t13-,14-. The average molecular weight is 404 g/mol. The van der Waals surface area contributed by atoms with Crippen molar-refractivity contribution in [3.05, 3.63) is 18.6 Å². The highest BCUT2D eigenvalue weighted by Gasteiger charge is 2.37. The van der Waals surface area contributed by atoms with Crippen LogP contribution in [0.3, 0.4) is 0 Å². The van der Waals surface area contributed by atoms with E-state index in [0.29, 0.717) is 11.3 Å². The molecule has 0 bridgehead atoms. The van der Waals surface area contributed by atoms with E-state index in [2.05, 4.69) is 26.9 Å². The van der Waals surface area contributed by atoms with Crippen molar-refractivity contribution in [3.63, 3.8) is 0 Å². The largest absolute Gasteiger partial charge is 0.444 e. The lowest BCUT2D eigenvalue weighted by atomic mass is 9.81. The Labute approximate surface area is 170 Å². The molecule has 1 N–H and O–H groups in total. The van der Waals surface area contributed by atoms with Crippen molar-refractivity contribution in [2.75, 3.05) is 30.8 Å². The molecule has 0 unspecified atom stereocenters. The monoisotopic (exact) mass is 403 g/mol. The highest BCUT2D eigenvalue weighted by molar-refractivity contribution is 8.00. The summed E-state index contributed by atoms with van der Waals surface area (Å²) < 4.78 is 5.41. The van der Waals surface area contributed by atoms with E-state index < -0.39 is 5.60 Å². The third kappa shape index (κ3) is 4.06. The van der Waals surface area contributed by atoms with Crippen LogP contribution < -0.4 is 4.90 Å². The number of anilines is 1. The molecular weight excluding hydrogens is 374 g/mol. The van der Waals surface area contributed by atoms with E-state index in [1.807, 2.05) is 44.8 Å². The molecular formula is C20H29N5O2S. The Morgan fingerprint density at radius 2 is 2.11 bits per heavy atom. The second kappa shape index (κ2) is 7.46. The van der Waals surface area contributed by atoms with Gasteiger partial charge in [-0.1, -0.05) is 0 Å². The summed E-state index contributed by atoms with van der Waals surface area (Å²) in [7, 11) is 2.13. The number of likely N-dealkylation sites (tertiary alicyclic amines) is 1. The number of carbonyl (C=O) groups excluding carboxylic acids is 1. The first-order valence-corrected chi connectivity index (χ1v) is 11.0. The second-order valence-corrected chi connectivity index (χ2v) is 10.2. The fourth-order valence-corrected chi connectivity index (χ4v) is 5.14. The van der Waals surface area contributed by atoms with Gasteiger partial charge in [0.1, 0.15) is 23.4 Å². The molecule has 2 fully saturated rings. The number of aromatic amines is 1. The van der Waals surface area contributed by atoms with Crippen LogP contribution in [0.25, 0.3) is 11.0 Å². The van der Waals surface area contributed by atoms with E-state index in [0.717, 1.165) is 35.9 Å². The summed E-state index contributed by atoms with van der Waals surface area (Å²) in [6.45, 7) is 7.33. The van der Waals surface area contributed by atoms with Gasteiger partial charge in [0.15, 0.2) is 0 Å². The fourth-order valence-electron chi connectivity index (χ4n) is 3.76. The Morgan fingerprint density at radius 1 is 1.36 bits per heavy atom. The lowest BCUT2D eigenvalue weighted by molar-refractivity contribution is 0.0143. The van der Waals surface area contributed by atoms with Crippen LogP contribution in [0.1, 0.15) is 33.6 Å². The summed E-state index contributed by atoms with van der Waals surface area (Å²) in [6, 6.07) is 2.58. The van der Waals surface area contributed by atoms with E-state index >= 15 is 0 Å². The predicted octanol–water partition coefficient (Wildman–Crippen LogP) is 3.53. The molecule has 152 valence electrons. The minimum Gasteiger partial charge on any atom is -0.444 e. The van der Waals surface area contributed by atoms with Gasteiger partial charge < -0.3 is 19.5 Å². The Hall–Kier alpha value is -1.96. The first-order chi connectivity index (χ1) is 13.3. The molecule has 7 nitrogen and oxygen atoms in total. The van der Waals surface area contributed by atoms with Gasteiger partial charge in [-0.15, -0.1) is 0 Å². The summed E-state index contributed by atoms with van der Waals surface area (Å²) in [5.41, 5.74) is 0.473. The van der Waals surface area contributed by atoms with Crippen molar-refractivity contribution < 1.29 is 9.53 Å². The number of nitrogens with zero attached hydrogens (tertiary/aromatic N) is 4. The molecule has 28 heavy (non-hydrogen) atoms. The topological polar surface area (TPSA) is 74.4 Å². The molecule has 2 aromatic rings. The number of H-pyrrole nitrogens is 1. The van der Waals surface area contributed by atoms with Gasteiger partial charge in [-0.2, -0.15) is 11.8 Å². The van der Waals surface area contributed by atoms with Gasteiger partial charge >= 0.3 is 6.09 Å². The zero-order valence-electron chi connectivity index (χ0n) is 17.0. The number of hydrogen-bond donors (Lipinski definition) is 1. The molecule has 1 aliphatic heterocycles. The SMILES string of the molecule is CN(c1ncnc2[nH]ccc12)[C@H]1C[C@H](CSC2CN(C(=O)OC(C)(C)C)C2)C1. The van der Waals surface area contributed by atoms with Gasteiger partial charge in [0, 0.05) is 37.6 Å². The Kier molecular flexibility index (Phi) is 5.16. The van der Waals surface area contributed by atoms with Gasteiger partial charge in [-0.05, 0) is 51.3 Å². The van der Waals surface area contributed by atoms with E-state index in [-0.39, 0.29) is 6.09 Å². The molecule has 0 spiro atoms. The van der Waals surface area contributed by atoms with Crippen LogP contribution in [0.4, 0.5) is 10.6 Å². The highest BCUT2D eigenvalue weighted by Crippen LogP contribution is 2.38. The summed E-state index contributed by atoms with van der Waals surface area (Å²) >= 11 is 2.00. The van der Waals surface area contributed by atoms with Crippen LogP contribution in [-0.2, 0) is 4.74 Å². The van der Waals surface area contributed by atoms with E-state index in [4.69, 9.17) is 4.74 Å². The molecule has 1 saturated carbocycles. The van der Waals surface area contributed by atoms with Crippen LogP contribution in [0.2, 0.25) is 0 Å². The number of aromatic nitrogens is 3. The Bertz CT molecular complexity index is 836. The normalized spacial score (nSPS) is 22.6. The van der Waals surface area contributed by atoms with Crippen LogP contribution >= 0.6 is 11.8 Å². The average Bonchev–Trinajstić information content (AvgIpc) is 3.01. The number of hydrogen-bond acceptors (Lipinski definition) is 6. The summed E-state index contributed by atoms with van der Waals surface area (Å²) in [4.78, 5) is 28.0. The lowest BCUT2D eigenvalue weighted by Crippen LogP contribution is -2.54. The van der Waals surface area contributed by atoms with Crippen molar-refractivity contribution in [1.29, 1.82) is 0 Å². The minimum absolute atomic E-state index is 0.185. The second-order valence-electron chi connectivity index (χ2n) is 8.88. The quantitative estimate of drug-likeness (QED) is 0.823. The molecule has 0 atom stereocenters. The van der Waals surface area contributed by atoms with Crippen molar-refractivity contribution in [2.24, 2.45) is 5.92 Å². The van der Waals surface area contributed by atoms with Crippen LogP contribution in [0.15, 0.2) is 18.6 Å². The first kappa shape index (κ1) is 19.4. The van der Waals surface area contributed by atoms with Crippen LogP contribution in [0.5, 0.6) is 0 Å². The molecule has 8 heteroatoms. The molecule has 4 rings (SSSR count). The van der Waals surface area contributed by atoms with Crippen LogP contribution in [-0.4, -0.2) is 68.7 Å². The first-order valence-electron chi connectivity index (χ1n) is 9.90. The number of carbonyl (C=O) groups is 1. The number of thioether (sulfide) groups is 1. The maximum absolute atomic E-state index is 12.0. The molecule has 1 saturated heterocycles. The van der Waals surface area contributed by atoms with Gasteiger partial charge in [0.25, 0.3) is 0 Å². The third-order valence-corrected chi connectivity index (χ3v) is 6.93. The summed E-state index contributed by atoms with van der Waals surface area (Å²) in [5, 5.41) is 1.63. The van der Waals surface area contributed by atoms with Gasteiger partial charge in [0.05, 0.1) is 5.39 Å². The number of ether oxygens (including phenoxy) is 1. The highest BCUT2D eigenvalue weighted by atomic mass is 32.2. The molecule has 3 heterocycles. The molecule has 1 amide bonds. The number of nitrogens with one attached hydrogen (secondary N) is 1. The number of fused-ring (bicyclic) bond motifs is 1. The molecule has 0 radical (unpaired) electrons. The van der Waals surface area contributed by atoms with Gasteiger partial charge in [-0.3, -0.25) is 0 Å². The van der Waals surface area contributed by atoms with E-state index in [1.54, 1.807) is 11.2 Å². The Balaban J connectivity index is 1.18. The zero-order chi connectivity index (χ0) is 19.9. The maximum Gasteiger partial charge on any atom is 0.410 e. The van der Waals surface area contributed by atoms with E-state index in [9.17, 15) is 4.79 Å². The van der Waals surface area contributed by atoms with Gasteiger partial charge in [-0.25, -0.2) is 14.8 Å². The number of amides is 1. The van der Waals surface area contributed by atoms with Crippen molar-refractivity contribution in [3.8, 4) is 0 Å². The van der Waals surface area contributed by atoms with Crippen molar-refractivity contribution in [2.45, 2.75) is 50.5 Å². The smallest absolute Gasteiger partial charge is 0.410 e. The zero-order valence-corrected chi connectivity index (χ0v) is 17.8. The minimum atomic E-state index is -0.419. The third-order valence-electron chi connectivity index (χ3n) is 5.49. The molecule has 2 aromatic heterocycles. The van der Waals surface area contributed by atoms with Gasteiger partial charge in [0.2, 0.25) is 0 Å². The van der Waals surface area contributed by atoms with E-state index in [1.165, 1.54) is 18.6 Å². The van der Waals surface area contributed by atoms with Crippen molar-refractivity contribution in [1.82, 2.24) is 19.9 Å². The lowest BCUT2D eigenvalue weighted by Gasteiger charge is -2.44. The fraction of sp³-hybridized carbons (Fsp3) is 0.650. The molecule has 2 aliphatic rings. The summed E-state index contributed by atoms with van der Waals surface area (Å²) in [5.74, 6) is 2.92. The predicted molar refractivity (Wildman–Crippen MR) is 113 cm³/mol. The maximum atomic E-state index is 12.0. The van der Waals surface area contributed by atoms with Crippen LogP contribution in [0, 0.1) is 5.92 Å².